The minimum absolute atomic E-state index is 0.00137. The molecule has 5 fully saturated rings. The number of hydrogen-bond acceptors (Lipinski definition) is 4. The third-order valence-electron chi connectivity index (χ3n) is 11.8. The predicted molar refractivity (Wildman–Crippen MR) is 124 cm³/mol. The van der Waals surface area contributed by atoms with Crippen molar-refractivity contribution < 1.29 is 14.6 Å². The molecule has 0 aromatic carbocycles. The van der Waals surface area contributed by atoms with Gasteiger partial charge in [0.15, 0.2) is 0 Å². The van der Waals surface area contributed by atoms with Crippen LogP contribution in [0.15, 0.2) is 18.5 Å². The summed E-state index contributed by atoms with van der Waals surface area (Å²) >= 11 is 0. The molecule has 32 heavy (non-hydrogen) atoms. The minimum Gasteiger partial charge on any atom is -0.488 e. The molecule has 4 heteroatoms. The number of fused-ring (bicyclic) bond motifs is 4. The zero-order valence-corrected chi connectivity index (χ0v) is 20.3. The molecular weight excluding hydrogens is 398 g/mol. The molecule has 1 aromatic rings. The van der Waals surface area contributed by atoms with E-state index in [9.17, 15) is 5.11 Å². The van der Waals surface area contributed by atoms with Gasteiger partial charge in [0, 0.05) is 30.2 Å². The smallest absolute Gasteiger partial charge is 0.143 e. The first-order valence-electron chi connectivity index (χ1n) is 13.1. The van der Waals surface area contributed by atoms with Crippen LogP contribution in [-0.4, -0.2) is 29.4 Å². The highest BCUT2D eigenvalue weighted by atomic mass is 16.5. The highest BCUT2D eigenvalue weighted by Gasteiger charge is 2.77. The number of rotatable bonds is 5. The van der Waals surface area contributed by atoms with Crippen molar-refractivity contribution in [1.82, 2.24) is 4.98 Å². The molecule has 1 aromatic heterocycles. The van der Waals surface area contributed by atoms with E-state index in [1.54, 1.807) is 12.4 Å². The van der Waals surface area contributed by atoms with Crippen molar-refractivity contribution in [1.29, 1.82) is 0 Å². The first-order chi connectivity index (χ1) is 15.4. The molecule has 1 N–H and O–H groups in total. The van der Waals surface area contributed by atoms with E-state index >= 15 is 0 Å². The van der Waals surface area contributed by atoms with Gasteiger partial charge in [-0.2, -0.15) is 0 Å². The Hall–Kier alpha value is -1.13. The molecule has 1 spiro atoms. The predicted octanol–water partition coefficient (Wildman–Crippen LogP) is 5.63. The molecule has 6 rings (SSSR count). The largest absolute Gasteiger partial charge is 0.488 e. The summed E-state index contributed by atoms with van der Waals surface area (Å²) in [5.41, 5.74) is 2.17. The Bertz CT molecular complexity index is 889. The van der Waals surface area contributed by atoms with Gasteiger partial charge in [0.1, 0.15) is 5.75 Å². The Morgan fingerprint density at radius 1 is 1.16 bits per heavy atom. The van der Waals surface area contributed by atoms with Crippen LogP contribution in [0.3, 0.4) is 0 Å². The highest BCUT2D eigenvalue weighted by Crippen LogP contribution is 2.82. The van der Waals surface area contributed by atoms with E-state index in [1.807, 2.05) is 13.2 Å². The third-order valence-corrected chi connectivity index (χ3v) is 11.8. The molecule has 0 saturated heterocycles. The van der Waals surface area contributed by atoms with Gasteiger partial charge in [-0.3, -0.25) is 4.98 Å². The van der Waals surface area contributed by atoms with E-state index < -0.39 is 0 Å². The Labute approximate surface area is 193 Å². The Morgan fingerprint density at radius 3 is 2.75 bits per heavy atom. The quantitative estimate of drug-likeness (QED) is 0.646. The molecule has 4 nitrogen and oxygen atoms in total. The Kier molecular flexibility index (Phi) is 4.81. The van der Waals surface area contributed by atoms with Crippen LogP contribution in [0.4, 0.5) is 0 Å². The fourth-order valence-electron chi connectivity index (χ4n) is 10.3. The summed E-state index contributed by atoms with van der Waals surface area (Å²) in [5, 5.41) is 9.72. The molecule has 0 amide bonds. The van der Waals surface area contributed by atoms with Gasteiger partial charge in [-0.15, -0.1) is 0 Å². The van der Waals surface area contributed by atoms with Gasteiger partial charge in [-0.05, 0) is 98.9 Å². The topological polar surface area (TPSA) is 51.6 Å². The second-order valence-electron chi connectivity index (χ2n) is 12.4. The van der Waals surface area contributed by atoms with Crippen molar-refractivity contribution in [2.75, 3.05) is 7.11 Å². The summed E-state index contributed by atoms with van der Waals surface area (Å²) in [6.07, 6.45) is 15.0. The molecule has 0 bridgehead atoms. The lowest BCUT2D eigenvalue weighted by molar-refractivity contribution is -0.162. The lowest BCUT2D eigenvalue weighted by Crippen LogP contribution is -2.57. The summed E-state index contributed by atoms with van der Waals surface area (Å²) in [6.45, 7) is 7.48. The second kappa shape index (κ2) is 7.18. The van der Waals surface area contributed by atoms with Gasteiger partial charge in [0.2, 0.25) is 0 Å². The van der Waals surface area contributed by atoms with Crippen LogP contribution in [0, 0.1) is 45.8 Å². The van der Waals surface area contributed by atoms with Crippen molar-refractivity contribution in [2.24, 2.45) is 45.8 Å². The van der Waals surface area contributed by atoms with Crippen LogP contribution in [-0.2, 0) is 11.3 Å². The van der Waals surface area contributed by atoms with Crippen LogP contribution in [0.1, 0.15) is 77.7 Å². The molecule has 0 aliphatic heterocycles. The maximum atomic E-state index is 9.72. The molecule has 1 unspecified atom stereocenters. The lowest BCUT2D eigenvalue weighted by Gasteiger charge is -2.61. The number of ether oxygens (including phenoxy) is 2. The van der Waals surface area contributed by atoms with Crippen LogP contribution in [0.25, 0.3) is 0 Å². The highest BCUT2D eigenvalue weighted by molar-refractivity contribution is 5.30. The summed E-state index contributed by atoms with van der Waals surface area (Å²) in [5.74, 6) is 4.72. The number of methoxy groups -OCH3 is 1. The minimum atomic E-state index is -0.00137. The molecule has 5 aliphatic rings. The summed E-state index contributed by atoms with van der Waals surface area (Å²) in [6, 6.07) is 1.86. The first-order valence-corrected chi connectivity index (χ1v) is 13.1. The molecule has 5 saturated carbocycles. The summed E-state index contributed by atoms with van der Waals surface area (Å²) in [7, 11) is 1.98. The third kappa shape index (κ3) is 2.60. The zero-order chi connectivity index (χ0) is 22.3. The number of pyridine rings is 1. The zero-order valence-electron chi connectivity index (χ0n) is 20.3. The van der Waals surface area contributed by atoms with Gasteiger partial charge >= 0.3 is 0 Å². The van der Waals surface area contributed by atoms with Crippen LogP contribution >= 0.6 is 0 Å². The molecule has 0 radical (unpaired) electrons. The van der Waals surface area contributed by atoms with Crippen molar-refractivity contribution in [2.45, 2.75) is 91.0 Å². The Morgan fingerprint density at radius 2 is 2.00 bits per heavy atom. The number of aliphatic hydroxyl groups excluding tert-OH is 1. The average molecular weight is 440 g/mol. The fourth-order valence-corrected chi connectivity index (χ4v) is 10.3. The van der Waals surface area contributed by atoms with Gasteiger partial charge in [0.05, 0.1) is 25.0 Å². The van der Waals surface area contributed by atoms with E-state index in [0.29, 0.717) is 28.3 Å². The van der Waals surface area contributed by atoms with E-state index in [2.05, 4.69) is 25.8 Å². The molecular formula is C28H41NO3. The molecule has 1 heterocycles. The van der Waals surface area contributed by atoms with Gasteiger partial charge in [0.25, 0.3) is 0 Å². The summed E-state index contributed by atoms with van der Waals surface area (Å²) < 4.78 is 12.7. The maximum Gasteiger partial charge on any atom is 0.143 e. The Balaban J connectivity index is 1.26. The SMILES string of the molecule is COC1C[C@H]2[C@@H]3CC[C@H]([C@H](C)Oc4cnccc4CO)[C@@]3(C)CC[C@@H]2[C@@]2(C)CC[C@@H]3C[C@]132. The van der Waals surface area contributed by atoms with Gasteiger partial charge in [-0.25, -0.2) is 0 Å². The van der Waals surface area contributed by atoms with E-state index in [0.717, 1.165) is 35.0 Å². The van der Waals surface area contributed by atoms with Crippen molar-refractivity contribution >= 4 is 0 Å². The number of aliphatic hydroxyl groups is 1. The first kappa shape index (κ1) is 21.4. The number of hydrogen-bond donors (Lipinski definition) is 1. The normalized spacial score (nSPS) is 49.5. The molecule has 176 valence electrons. The van der Waals surface area contributed by atoms with Crippen LogP contribution < -0.4 is 4.74 Å². The average Bonchev–Trinajstić information content (AvgIpc) is 3.30. The molecule has 5 aliphatic carbocycles. The standard InChI is InChI=1S/C28H41NO3/c1-17(32-24-15-29-12-9-18(24)16-30)21-5-6-22-20-13-25(31-4)28-14-19(28)7-11-27(28,3)23(20)8-10-26(21,22)2/h9,12,15,17,19-23,25,30H,5-8,10-11,13-14,16H2,1-4H3/t17-,19+,20-,21+,22-,23-,25?,26+,27+,28+/m0/s1. The van der Waals surface area contributed by atoms with Crippen molar-refractivity contribution in [3.63, 3.8) is 0 Å². The van der Waals surface area contributed by atoms with Crippen LogP contribution in [0.5, 0.6) is 5.75 Å². The van der Waals surface area contributed by atoms with Crippen molar-refractivity contribution in [3.05, 3.63) is 24.0 Å². The lowest BCUT2D eigenvalue weighted by atomic mass is 9.45. The van der Waals surface area contributed by atoms with Crippen molar-refractivity contribution in [3.8, 4) is 5.75 Å². The fraction of sp³-hybridized carbons (Fsp3) is 0.821. The van der Waals surface area contributed by atoms with E-state index in [-0.39, 0.29) is 12.7 Å². The van der Waals surface area contributed by atoms with Crippen LogP contribution in [0.2, 0.25) is 0 Å². The monoisotopic (exact) mass is 439 g/mol. The number of aromatic nitrogens is 1. The second-order valence-corrected chi connectivity index (χ2v) is 12.4. The van der Waals surface area contributed by atoms with Gasteiger partial charge in [-0.1, -0.05) is 13.8 Å². The molecule has 10 atom stereocenters. The summed E-state index contributed by atoms with van der Waals surface area (Å²) in [4.78, 5) is 4.24. The van der Waals surface area contributed by atoms with E-state index in [4.69, 9.17) is 9.47 Å². The van der Waals surface area contributed by atoms with Gasteiger partial charge < -0.3 is 14.6 Å². The maximum absolute atomic E-state index is 9.72. The number of nitrogens with zero attached hydrogens (tertiary/aromatic N) is 1. The van der Waals surface area contributed by atoms with E-state index in [1.165, 1.54) is 51.4 Å².